The third-order valence-corrected chi connectivity index (χ3v) is 3.81. The number of hydrogen-bond donors (Lipinski definition) is 2. The molecule has 5 heteroatoms. The molecule has 2 rings (SSSR count). The van der Waals surface area contributed by atoms with E-state index in [1.54, 1.807) is 0 Å². The van der Waals surface area contributed by atoms with Gasteiger partial charge in [-0.3, -0.25) is 0 Å². The molecule has 0 radical (unpaired) electrons. The lowest BCUT2D eigenvalue weighted by molar-refractivity contribution is 0.296. The van der Waals surface area contributed by atoms with Crippen LogP contribution in [0.3, 0.4) is 0 Å². The van der Waals surface area contributed by atoms with Gasteiger partial charge in [-0.2, -0.15) is 0 Å². The van der Waals surface area contributed by atoms with Crippen molar-refractivity contribution in [2.45, 2.75) is 51.6 Å². The van der Waals surface area contributed by atoms with Crippen molar-refractivity contribution in [3.63, 3.8) is 0 Å². The Morgan fingerprint density at radius 2 is 2.00 bits per heavy atom. The largest absolute Gasteiger partial charge is 0.395 e. The molecule has 20 heavy (non-hydrogen) atoms. The van der Waals surface area contributed by atoms with Crippen molar-refractivity contribution in [3.8, 4) is 0 Å². The molecule has 2 N–H and O–H groups in total. The molecular weight excluding hydrogens is 252 g/mol. The van der Waals surface area contributed by atoms with Crippen LogP contribution in [0.15, 0.2) is 12.4 Å². The van der Waals surface area contributed by atoms with Gasteiger partial charge in [0.15, 0.2) is 0 Å². The highest BCUT2D eigenvalue weighted by atomic mass is 16.3. The normalized spacial score (nSPS) is 15.7. The number of hydrogen-bond acceptors (Lipinski definition) is 5. The summed E-state index contributed by atoms with van der Waals surface area (Å²) < 4.78 is 0. The van der Waals surface area contributed by atoms with Crippen LogP contribution in [0.4, 0.5) is 5.95 Å². The Morgan fingerprint density at radius 3 is 2.60 bits per heavy atom. The van der Waals surface area contributed by atoms with Crippen molar-refractivity contribution in [1.29, 1.82) is 0 Å². The molecule has 0 spiro atoms. The summed E-state index contributed by atoms with van der Waals surface area (Å²) in [6.45, 7) is 4.76. The van der Waals surface area contributed by atoms with E-state index in [-0.39, 0.29) is 6.61 Å². The fourth-order valence-corrected chi connectivity index (χ4v) is 2.77. The molecule has 1 fully saturated rings. The highest BCUT2D eigenvalue weighted by Crippen LogP contribution is 2.25. The fourth-order valence-electron chi connectivity index (χ4n) is 2.77. The predicted molar refractivity (Wildman–Crippen MR) is 80.7 cm³/mol. The summed E-state index contributed by atoms with van der Waals surface area (Å²) in [7, 11) is 0. The second kappa shape index (κ2) is 8.17. The Balaban J connectivity index is 1.98. The van der Waals surface area contributed by atoms with Crippen molar-refractivity contribution in [3.05, 3.63) is 18.0 Å². The van der Waals surface area contributed by atoms with Gasteiger partial charge in [0.1, 0.15) is 0 Å². The molecule has 0 atom stereocenters. The van der Waals surface area contributed by atoms with Gasteiger partial charge in [0, 0.05) is 37.1 Å². The second-order valence-corrected chi connectivity index (χ2v) is 5.42. The van der Waals surface area contributed by atoms with Gasteiger partial charge in [-0.15, -0.1) is 0 Å². The molecule has 112 valence electrons. The van der Waals surface area contributed by atoms with Crippen molar-refractivity contribution < 1.29 is 5.11 Å². The molecule has 0 unspecified atom stereocenters. The number of nitrogens with zero attached hydrogens (tertiary/aromatic N) is 3. The third-order valence-electron chi connectivity index (χ3n) is 3.81. The topological polar surface area (TPSA) is 61.3 Å². The van der Waals surface area contributed by atoms with Crippen LogP contribution in [0, 0.1) is 0 Å². The molecule has 1 aliphatic carbocycles. The minimum Gasteiger partial charge on any atom is -0.395 e. The van der Waals surface area contributed by atoms with Crippen LogP contribution in [0.5, 0.6) is 0 Å². The first-order valence-corrected chi connectivity index (χ1v) is 7.74. The predicted octanol–water partition coefficient (Wildman–Crippen LogP) is 1.72. The summed E-state index contributed by atoms with van der Waals surface area (Å²) in [4.78, 5) is 11.1. The molecule has 1 heterocycles. The molecule has 1 aromatic rings. The molecule has 0 aliphatic heterocycles. The lowest BCUT2D eigenvalue weighted by Gasteiger charge is -2.28. The monoisotopic (exact) mass is 278 g/mol. The number of nitrogens with one attached hydrogen (secondary N) is 1. The summed E-state index contributed by atoms with van der Waals surface area (Å²) in [6, 6.07) is 0.492. The molecule has 0 aromatic carbocycles. The number of aliphatic hydroxyl groups excluding tert-OH is 1. The maximum Gasteiger partial charge on any atom is 0.225 e. The van der Waals surface area contributed by atoms with Crippen LogP contribution in [0.1, 0.15) is 44.6 Å². The van der Waals surface area contributed by atoms with Gasteiger partial charge in [0.25, 0.3) is 0 Å². The first-order valence-electron chi connectivity index (χ1n) is 7.74. The average Bonchev–Trinajstić information content (AvgIpc) is 3.00. The second-order valence-electron chi connectivity index (χ2n) is 5.42. The first kappa shape index (κ1) is 15.2. The van der Waals surface area contributed by atoms with Gasteiger partial charge in [-0.05, 0) is 25.8 Å². The van der Waals surface area contributed by atoms with E-state index in [0.29, 0.717) is 12.6 Å². The van der Waals surface area contributed by atoms with Gasteiger partial charge < -0.3 is 15.3 Å². The number of rotatable bonds is 8. The van der Waals surface area contributed by atoms with Crippen LogP contribution in [0.2, 0.25) is 0 Å². The Morgan fingerprint density at radius 1 is 1.30 bits per heavy atom. The minimum absolute atomic E-state index is 0.152. The third kappa shape index (κ3) is 4.15. The summed E-state index contributed by atoms with van der Waals surface area (Å²) in [5.74, 6) is 0.755. The van der Waals surface area contributed by atoms with Crippen LogP contribution in [0.25, 0.3) is 0 Å². The van der Waals surface area contributed by atoms with Crippen molar-refractivity contribution in [1.82, 2.24) is 15.3 Å². The maximum absolute atomic E-state index is 9.25. The summed E-state index contributed by atoms with van der Waals surface area (Å²) >= 11 is 0. The van der Waals surface area contributed by atoms with Crippen molar-refractivity contribution >= 4 is 5.95 Å². The van der Waals surface area contributed by atoms with E-state index in [1.165, 1.54) is 25.7 Å². The van der Waals surface area contributed by atoms with Crippen molar-refractivity contribution in [2.24, 2.45) is 0 Å². The standard InChI is InChI=1S/C15H26N4O/c1-2-7-16-10-13-11-17-15(18-12-13)19(8-9-20)14-5-3-4-6-14/h11-12,14,16,20H,2-10H2,1H3. The summed E-state index contributed by atoms with van der Waals surface area (Å²) in [5, 5.41) is 12.6. The van der Waals surface area contributed by atoms with E-state index in [0.717, 1.165) is 31.0 Å². The highest BCUT2D eigenvalue weighted by molar-refractivity contribution is 5.32. The Hall–Kier alpha value is -1.20. The molecule has 5 nitrogen and oxygen atoms in total. The van der Waals surface area contributed by atoms with Crippen LogP contribution < -0.4 is 10.2 Å². The lowest BCUT2D eigenvalue weighted by Crippen LogP contribution is -2.37. The van der Waals surface area contributed by atoms with Crippen LogP contribution in [-0.4, -0.2) is 40.8 Å². The Kier molecular flexibility index (Phi) is 6.21. The van der Waals surface area contributed by atoms with E-state index < -0.39 is 0 Å². The summed E-state index contributed by atoms with van der Waals surface area (Å²) in [5.41, 5.74) is 1.11. The van der Waals surface area contributed by atoms with Crippen molar-refractivity contribution in [2.75, 3.05) is 24.6 Å². The minimum atomic E-state index is 0.152. The number of anilines is 1. The van der Waals surface area contributed by atoms with E-state index in [9.17, 15) is 5.11 Å². The first-order chi connectivity index (χ1) is 9.85. The fraction of sp³-hybridized carbons (Fsp3) is 0.733. The van der Waals surface area contributed by atoms with Crippen LogP contribution >= 0.6 is 0 Å². The van der Waals surface area contributed by atoms with Gasteiger partial charge in [-0.25, -0.2) is 9.97 Å². The number of aromatic nitrogens is 2. The zero-order valence-electron chi connectivity index (χ0n) is 12.4. The van der Waals surface area contributed by atoms with E-state index in [4.69, 9.17) is 0 Å². The quantitative estimate of drug-likeness (QED) is 0.709. The van der Waals surface area contributed by atoms with Gasteiger partial charge in [-0.1, -0.05) is 19.8 Å². The average molecular weight is 278 g/mol. The summed E-state index contributed by atoms with van der Waals surface area (Å²) in [6.07, 6.45) is 9.82. The zero-order valence-corrected chi connectivity index (χ0v) is 12.4. The number of aliphatic hydroxyl groups is 1. The lowest BCUT2D eigenvalue weighted by atomic mass is 10.2. The molecule has 1 saturated carbocycles. The molecule has 0 amide bonds. The molecule has 0 saturated heterocycles. The Bertz CT molecular complexity index is 376. The maximum atomic E-state index is 9.25. The Labute approximate surface area is 121 Å². The van der Waals surface area contributed by atoms with Gasteiger partial charge >= 0.3 is 0 Å². The van der Waals surface area contributed by atoms with Crippen LogP contribution in [-0.2, 0) is 6.54 Å². The zero-order chi connectivity index (χ0) is 14.2. The molecule has 0 bridgehead atoms. The van der Waals surface area contributed by atoms with Gasteiger partial charge in [0.05, 0.1) is 6.61 Å². The highest BCUT2D eigenvalue weighted by Gasteiger charge is 2.24. The van der Waals surface area contributed by atoms with E-state index >= 15 is 0 Å². The molecular formula is C15H26N4O. The van der Waals surface area contributed by atoms with E-state index in [2.05, 4.69) is 27.1 Å². The smallest absolute Gasteiger partial charge is 0.225 e. The molecule has 1 aliphatic rings. The van der Waals surface area contributed by atoms with E-state index in [1.807, 2.05) is 12.4 Å². The molecule has 1 aromatic heterocycles. The SMILES string of the molecule is CCCNCc1cnc(N(CCO)C2CCCC2)nc1. The van der Waals surface area contributed by atoms with Gasteiger partial charge in [0.2, 0.25) is 5.95 Å².